The highest BCUT2D eigenvalue weighted by Crippen LogP contribution is 2.50. The molecule has 4 aliphatic rings. The molecule has 2 fully saturated rings. The Bertz CT molecular complexity index is 1420. The zero-order valence-electron chi connectivity index (χ0n) is 20.6. The molecule has 1 saturated carbocycles. The number of benzene rings is 1. The Hall–Kier alpha value is -2.73. The molecule has 2 aliphatic heterocycles. The SMILES string of the molecule is CC(C)(C)CCN1C(=O)C(C2=NS(=O)(=O)c3cc(NS(C)(=O)=O)ccc3N2)C(=O)C2C3C=CC(C3)C21. The van der Waals surface area contributed by atoms with Crippen LogP contribution >= 0.6 is 0 Å². The van der Waals surface area contributed by atoms with Crippen molar-refractivity contribution in [3.63, 3.8) is 0 Å². The molecular formula is C24H30N4O6S2. The van der Waals surface area contributed by atoms with Crippen LogP contribution in [-0.2, 0) is 29.6 Å². The van der Waals surface area contributed by atoms with Gasteiger partial charge in [-0.1, -0.05) is 32.9 Å². The number of ketones is 1. The van der Waals surface area contributed by atoms with E-state index in [4.69, 9.17) is 0 Å². The Kier molecular flexibility index (Phi) is 5.64. The van der Waals surface area contributed by atoms with Gasteiger partial charge in [0.05, 0.1) is 11.9 Å². The van der Waals surface area contributed by atoms with Crippen molar-refractivity contribution in [2.45, 2.75) is 44.6 Å². The number of fused-ring (bicyclic) bond motifs is 6. The third-order valence-corrected chi connectivity index (χ3v) is 9.28. The van der Waals surface area contributed by atoms with Crippen molar-refractivity contribution < 1.29 is 26.4 Å². The van der Waals surface area contributed by atoms with E-state index in [2.05, 4.69) is 41.3 Å². The number of rotatable bonds is 5. The molecule has 0 spiro atoms. The standard InChI is InChI=1S/C24H30N4O6S2/c1-24(2,3)9-10-28-20-14-6-5-13(11-14)18(20)21(29)19(23(28)30)22-25-16-8-7-15(26-35(4,31)32)12-17(16)36(33,34)27-22/h5-8,12-14,18-20,26H,9-11H2,1-4H3,(H,25,27). The molecule has 2 aliphatic carbocycles. The molecule has 2 N–H and O–H groups in total. The summed E-state index contributed by atoms with van der Waals surface area (Å²) in [5.41, 5.74) is 0.173. The van der Waals surface area contributed by atoms with E-state index >= 15 is 0 Å². The Morgan fingerprint density at radius 2 is 1.86 bits per heavy atom. The molecule has 12 heteroatoms. The highest BCUT2D eigenvalue weighted by atomic mass is 32.2. The maximum absolute atomic E-state index is 13.8. The minimum atomic E-state index is -4.30. The van der Waals surface area contributed by atoms with E-state index in [0.29, 0.717) is 6.54 Å². The molecule has 2 heterocycles. The Balaban J connectivity index is 1.51. The van der Waals surface area contributed by atoms with Gasteiger partial charge in [0, 0.05) is 24.2 Å². The van der Waals surface area contributed by atoms with Crippen LogP contribution in [0.15, 0.2) is 39.6 Å². The van der Waals surface area contributed by atoms with Crippen molar-refractivity contribution in [1.82, 2.24) is 4.90 Å². The highest BCUT2D eigenvalue weighted by Gasteiger charge is 2.59. The Labute approximate surface area is 211 Å². The van der Waals surface area contributed by atoms with Crippen LogP contribution < -0.4 is 10.0 Å². The first-order chi connectivity index (χ1) is 16.6. The molecule has 0 radical (unpaired) electrons. The molecule has 1 saturated heterocycles. The molecule has 36 heavy (non-hydrogen) atoms. The van der Waals surface area contributed by atoms with E-state index in [9.17, 15) is 26.4 Å². The lowest BCUT2D eigenvalue weighted by atomic mass is 9.75. The Morgan fingerprint density at radius 1 is 1.17 bits per heavy atom. The summed E-state index contributed by atoms with van der Waals surface area (Å²) < 4.78 is 55.4. The van der Waals surface area contributed by atoms with Crippen molar-refractivity contribution in [3.05, 3.63) is 30.4 Å². The molecule has 194 valence electrons. The number of carbonyl (C=O) groups excluding carboxylic acids is 2. The number of piperidine rings is 1. The number of Topliss-reactive ketones (excluding diaryl/α,β-unsaturated/α-hetero) is 1. The fourth-order valence-corrected chi connectivity index (χ4v) is 7.51. The number of likely N-dealkylation sites (tertiary alicyclic amines) is 1. The van der Waals surface area contributed by atoms with Crippen molar-refractivity contribution in [2.24, 2.45) is 33.5 Å². The van der Waals surface area contributed by atoms with Crippen LogP contribution in [0.4, 0.5) is 11.4 Å². The van der Waals surface area contributed by atoms with Gasteiger partial charge in [-0.3, -0.25) is 14.3 Å². The maximum atomic E-state index is 13.8. The average Bonchev–Trinajstić information content (AvgIpc) is 3.34. The van der Waals surface area contributed by atoms with Crippen LogP contribution in [0.2, 0.25) is 0 Å². The van der Waals surface area contributed by atoms with Gasteiger partial charge in [-0.25, -0.2) is 8.42 Å². The third kappa shape index (κ3) is 4.34. The second-order valence-electron chi connectivity index (χ2n) is 11.3. The predicted molar refractivity (Wildman–Crippen MR) is 135 cm³/mol. The quantitative estimate of drug-likeness (QED) is 0.436. The monoisotopic (exact) mass is 534 g/mol. The fourth-order valence-electron chi connectivity index (χ4n) is 5.77. The number of nitrogens with zero attached hydrogens (tertiary/aromatic N) is 2. The minimum Gasteiger partial charge on any atom is -0.341 e. The van der Waals surface area contributed by atoms with E-state index in [-0.39, 0.29) is 51.2 Å². The van der Waals surface area contributed by atoms with E-state index in [1.165, 1.54) is 12.1 Å². The summed E-state index contributed by atoms with van der Waals surface area (Å²) in [4.78, 5) is 29.1. The van der Waals surface area contributed by atoms with Crippen LogP contribution in [0.5, 0.6) is 0 Å². The van der Waals surface area contributed by atoms with Crippen LogP contribution in [0, 0.1) is 29.1 Å². The number of hydrogen-bond donors (Lipinski definition) is 2. The molecule has 2 bridgehead atoms. The lowest BCUT2D eigenvalue weighted by Crippen LogP contribution is -2.61. The third-order valence-electron chi connectivity index (χ3n) is 7.34. The van der Waals surface area contributed by atoms with Gasteiger partial charge in [0.25, 0.3) is 10.0 Å². The highest BCUT2D eigenvalue weighted by molar-refractivity contribution is 7.92. The molecule has 5 rings (SSSR count). The summed E-state index contributed by atoms with van der Waals surface area (Å²) >= 11 is 0. The topological polar surface area (TPSA) is 142 Å². The summed E-state index contributed by atoms with van der Waals surface area (Å²) in [5.74, 6) is -2.50. The number of anilines is 2. The summed E-state index contributed by atoms with van der Waals surface area (Å²) in [6.45, 7) is 6.74. The number of sulfonamides is 2. The molecule has 10 nitrogen and oxygen atoms in total. The summed E-state index contributed by atoms with van der Waals surface area (Å²) in [6.07, 6.45) is 6.64. The first-order valence-electron chi connectivity index (χ1n) is 11.9. The smallest absolute Gasteiger partial charge is 0.286 e. The average molecular weight is 535 g/mol. The van der Waals surface area contributed by atoms with E-state index in [1.807, 2.05) is 6.08 Å². The van der Waals surface area contributed by atoms with Crippen LogP contribution in [0.25, 0.3) is 0 Å². The largest absolute Gasteiger partial charge is 0.341 e. The summed E-state index contributed by atoms with van der Waals surface area (Å²) in [6, 6.07) is 3.75. The molecular weight excluding hydrogens is 504 g/mol. The first kappa shape index (κ1) is 24.9. The van der Waals surface area contributed by atoms with Crippen molar-refractivity contribution in [1.29, 1.82) is 0 Å². The molecule has 5 atom stereocenters. The molecule has 1 aromatic carbocycles. The van der Waals surface area contributed by atoms with Gasteiger partial charge in [0.2, 0.25) is 15.9 Å². The number of nitrogens with one attached hydrogen (secondary N) is 2. The second kappa shape index (κ2) is 8.14. The Morgan fingerprint density at radius 3 is 2.53 bits per heavy atom. The van der Waals surface area contributed by atoms with E-state index in [0.717, 1.165) is 25.2 Å². The van der Waals surface area contributed by atoms with E-state index in [1.54, 1.807) is 4.90 Å². The van der Waals surface area contributed by atoms with Crippen LogP contribution in [-0.4, -0.2) is 58.1 Å². The normalized spacial score (nSPS) is 30.5. The van der Waals surface area contributed by atoms with Crippen LogP contribution in [0.3, 0.4) is 0 Å². The second-order valence-corrected chi connectivity index (χ2v) is 14.6. The van der Waals surface area contributed by atoms with Gasteiger partial charge in [-0.15, -0.1) is 4.40 Å². The molecule has 0 aromatic heterocycles. The van der Waals surface area contributed by atoms with Gasteiger partial charge in [0.15, 0.2) is 11.7 Å². The molecule has 1 amide bonds. The fraction of sp³-hybridized carbons (Fsp3) is 0.542. The van der Waals surface area contributed by atoms with Crippen LogP contribution in [0.1, 0.15) is 33.6 Å². The number of amides is 1. The molecule has 5 unspecified atom stereocenters. The molecule has 1 aromatic rings. The number of hydrogen-bond acceptors (Lipinski definition) is 7. The number of amidine groups is 1. The number of allylic oxidation sites excluding steroid dienone is 1. The summed E-state index contributed by atoms with van der Waals surface area (Å²) in [7, 11) is -7.92. The summed E-state index contributed by atoms with van der Waals surface area (Å²) in [5, 5.41) is 2.90. The first-order valence-corrected chi connectivity index (χ1v) is 15.2. The minimum absolute atomic E-state index is 0.0259. The lowest BCUT2D eigenvalue weighted by Gasteiger charge is -2.45. The van der Waals surface area contributed by atoms with Crippen molar-refractivity contribution in [2.75, 3.05) is 22.8 Å². The van der Waals surface area contributed by atoms with Gasteiger partial charge in [-0.2, -0.15) is 8.42 Å². The van der Waals surface area contributed by atoms with Gasteiger partial charge < -0.3 is 10.2 Å². The predicted octanol–water partition coefficient (Wildman–Crippen LogP) is 2.23. The van der Waals surface area contributed by atoms with E-state index < -0.39 is 37.8 Å². The zero-order valence-corrected chi connectivity index (χ0v) is 22.2. The lowest BCUT2D eigenvalue weighted by molar-refractivity contribution is -0.151. The van der Waals surface area contributed by atoms with Gasteiger partial charge in [-0.05, 0) is 48.3 Å². The van der Waals surface area contributed by atoms with Gasteiger partial charge >= 0.3 is 0 Å². The number of carbonyl (C=O) groups is 2. The van der Waals surface area contributed by atoms with Crippen molar-refractivity contribution in [3.8, 4) is 0 Å². The maximum Gasteiger partial charge on any atom is 0.286 e. The van der Waals surface area contributed by atoms with Gasteiger partial charge in [0.1, 0.15) is 10.7 Å². The zero-order chi connectivity index (χ0) is 26.2. The van der Waals surface area contributed by atoms with Crippen molar-refractivity contribution >= 4 is 48.9 Å².